The van der Waals surface area contributed by atoms with Gasteiger partial charge in [-0.1, -0.05) is 12.1 Å². The van der Waals surface area contributed by atoms with Gasteiger partial charge in [0.1, 0.15) is 0 Å². The van der Waals surface area contributed by atoms with Crippen LogP contribution in [0.5, 0.6) is 0 Å². The molecule has 2 aliphatic rings. The van der Waals surface area contributed by atoms with E-state index in [1.807, 2.05) is 30.1 Å². The Kier molecular flexibility index (Phi) is 4.79. The van der Waals surface area contributed by atoms with E-state index in [4.69, 9.17) is 5.10 Å². The molecule has 0 radical (unpaired) electrons. The number of para-hydroxylation sites is 1. The van der Waals surface area contributed by atoms with Gasteiger partial charge in [0.15, 0.2) is 11.6 Å². The van der Waals surface area contributed by atoms with Crippen molar-refractivity contribution in [3.63, 3.8) is 0 Å². The predicted molar refractivity (Wildman–Crippen MR) is 120 cm³/mol. The Morgan fingerprint density at radius 2 is 1.82 bits per heavy atom. The lowest BCUT2D eigenvalue weighted by Gasteiger charge is -2.45. The number of aromatic nitrogens is 5. The van der Waals surface area contributed by atoms with E-state index in [0.717, 1.165) is 42.3 Å². The number of piperidine rings is 1. The Balaban J connectivity index is 1.43. The molecule has 2 aromatic carbocycles. The van der Waals surface area contributed by atoms with Crippen molar-refractivity contribution in [3.05, 3.63) is 83.3 Å². The first-order chi connectivity index (χ1) is 16.5. The van der Waals surface area contributed by atoms with Crippen molar-refractivity contribution in [2.24, 2.45) is 7.05 Å². The van der Waals surface area contributed by atoms with Crippen LogP contribution in [0.15, 0.2) is 54.9 Å². The average Bonchev–Trinajstić information content (AvgIpc) is 3.48. The molecule has 0 N–H and O–H groups in total. The zero-order valence-electron chi connectivity index (χ0n) is 18.5. The first-order valence-electron chi connectivity index (χ1n) is 11.3. The molecule has 0 aliphatic carbocycles. The Bertz CT molecular complexity index is 1400. The largest absolute Gasteiger partial charge is 0.327 e. The predicted octanol–water partition coefficient (Wildman–Crippen LogP) is 4.24. The molecule has 2 aromatic heterocycles. The van der Waals surface area contributed by atoms with Crippen molar-refractivity contribution >= 4 is 5.91 Å². The van der Waals surface area contributed by atoms with Gasteiger partial charge in [-0.2, -0.15) is 20.1 Å². The SMILES string of the molecule is Cn1nc2c(c1-c1ccc(F)c(F)c1)CC1CCCC2N1C(=O)c1ccccc1-n1nccn1. The van der Waals surface area contributed by atoms with Crippen molar-refractivity contribution in [2.75, 3.05) is 0 Å². The topological polar surface area (TPSA) is 68.8 Å². The summed E-state index contributed by atoms with van der Waals surface area (Å²) in [6, 6.07) is 11.1. The lowest BCUT2D eigenvalue weighted by atomic mass is 9.81. The van der Waals surface area contributed by atoms with E-state index in [1.54, 1.807) is 29.2 Å². The first kappa shape index (κ1) is 20.7. The third-order valence-electron chi connectivity index (χ3n) is 6.87. The van der Waals surface area contributed by atoms with Crippen LogP contribution >= 0.6 is 0 Å². The van der Waals surface area contributed by atoms with Crippen LogP contribution in [0.4, 0.5) is 8.78 Å². The fourth-order valence-corrected chi connectivity index (χ4v) is 5.46. The maximum absolute atomic E-state index is 14.0. The lowest BCUT2D eigenvalue weighted by molar-refractivity contribution is 0.0391. The number of benzene rings is 2. The minimum atomic E-state index is -0.885. The van der Waals surface area contributed by atoms with E-state index in [1.165, 1.54) is 10.9 Å². The number of aryl methyl sites for hydroxylation is 1. The van der Waals surface area contributed by atoms with Crippen molar-refractivity contribution in [2.45, 2.75) is 37.8 Å². The van der Waals surface area contributed by atoms with Crippen LogP contribution in [-0.2, 0) is 13.5 Å². The summed E-state index contributed by atoms with van der Waals surface area (Å²) in [5, 5.41) is 13.2. The molecule has 7 nitrogen and oxygen atoms in total. The Morgan fingerprint density at radius 3 is 2.62 bits per heavy atom. The van der Waals surface area contributed by atoms with Gasteiger partial charge in [-0.05, 0) is 56.0 Å². The van der Waals surface area contributed by atoms with Gasteiger partial charge in [-0.15, -0.1) is 0 Å². The molecular weight excluding hydrogens is 438 g/mol. The minimum absolute atomic E-state index is 0.00867. The third kappa shape index (κ3) is 3.14. The molecule has 1 fully saturated rings. The summed E-state index contributed by atoms with van der Waals surface area (Å²) < 4.78 is 29.3. The van der Waals surface area contributed by atoms with E-state index in [2.05, 4.69) is 10.2 Å². The van der Waals surface area contributed by atoms with Crippen LogP contribution in [0.2, 0.25) is 0 Å². The summed E-state index contributed by atoms with van der Waals surface area (Å²) in [6.45, 7) is 0. The number of amides is 1. The van der Waals surface area contributed by atoms with Crippen LogP contribution in [0.1, 0.15) is 46.9 Å². The zero-order valence-corrected chi connectivity index (χ0v) is 18.5. The van der Waals surface area contributed by atoms with Crippen LogP contribution in [0.3, 0.4) is 0 Å². The molecule has 4 heterocycles. The maximum atomic E-state index is 14.0. The van der Waals surface area contributed by atoms with Gasteiger partial charge in [0.25, 0.3) is 5.91 Å². The van der Waals surface area contributed by atoms with E-state index >= 15 is 0 Å². The van der Waals surface area contributed by atoms with Gasteiger partial charge < -0.3 is 4.90 Å². The number of halogens is 2. The molecule has 0 spiro atoms. The summed E-state index contributed by atoms with van der Waals surface area (Å²) >= 11 is 0. The van der Waals surface area contributed by atoms with Gasteiger partial charge in [0.2, 0.25) is 0 Å². The van der Waals surface area contributed by atoms with Crippen molar-refractivity contribution < 1.29 is 13.6 Å². The van der Waals surface area contributed by atoms with Gasteiger partial charge >= 0.3 is 0 Å². The van der Waals surface area contributed by atoms with Crippen LogP contribution in [0.25, 0.3) is 16.9 Å². The van der Waals surface area contributed by atoms with E-state index in [0.29, 0.717) is 23.2 Å². The monoisotopic (exact) mass is 460 g/mol. The summed E-state index contributed by atoms with van der Waals surface area (Å²) in [4.78, 5) is 17.3. The second kappa shape index (κ2) is 7.86. The van der Waals surface area contributed by atoms with Crippen LogP contribution in [-0.4, -0.2) is 41.6 Å². The molecular formula is C25H22F2N6O. The molecule has 2 unspecified atom stereocenters. The Labute approximate surface area is 194 Å². The van der Waals surface area contributed by atoms with E-state index in [-0.39, 0.29) is 18.0 Å². The van der Waals surface area contributed by atoms with Crippen molar-refractivity contribution in [3.8, 4) is 16.9 Å². The van der Waals surface area contributed by atoms with Gasteiger partial charge in [0.05, 0.1) is 41.1 Å². The van der Waals surface area contributed by atoms with E-state index < -0.39 is 11.6 Å². The maximum Gasteiger partial charge on any atom is 0.256 e. The molecule has 9 heteroatoms. The quantitative estimate of drug-likeness (QED) is 0.459. The molecule has 1 saturated heterocycles. The second-order valence-corrected chi connectivity index (χ2v) is 8.82. The van der Waals surface area contributed by atoms with Crippen LogP contribution < -0.4 is 0 Å². The summed E-state index contributed by atoms with van der Waals surface area (Å²) in [5.41, 5.74) is 4.37. The highest BCUT2D eigenvalue weighted by molar-refractivity contribution is 5.98. The van der Waals surface area contributed by atoms with Crippen LogP contribution in [0, 0.1) is 11.6 Å². The highest BCUT2D eigenvalue weighted by Crippen LogP contribution is 2.45. The normalized spacial score (nSPS) is 19.2. The Hall–Kier alpha value is -3.88. The molecule has 4 aromatic rings. The number of rotatable bonds is 3. The van der Waals surface area contributed by atoms with E-state index in [9.17, 15) is 13.6 Å². The number of hydrogen-bond acceptors (Lipinski definition) is 4. The van der Waals surface area contributed by atoms with Gasteiger partial charge in [-0.25, -0.2) is 8.78 Å². The fraction of sp³-hybridized carbons (Fsp3) is 0.280. The van der Waals surface area contributed by atoms with Crippen molar-refractivity contribution in [1.82, 2.24) is 29.7 Å². The number of carbonyl (C=O) groups excluding carboxylic acids is 1. The summed E-state index contributed by atoms with van der Waals surface area (Å²) in [6.07, 6.45) is 6.44. The first-order valence-corrected chi connectivity index (χ1v) is 11.3. The standard InChI is InChI=1S/C25H22F2N6O/c1-31-24(15-9-10-19(26)20(27)13-15)18-14-16-5-4-8-22(23(18)30-31)32(16)25(34)17-6-2-3-7-21(17)33-28-11-12-29-33/h2-3,6-7,9-13,16,22H,4-5,8,14H2,1H3. The second-order valence-electron chi connectivity index (χ2n) is 8.82. The zero-order chi connectivity index (χ0) is 23.4. The highest BCUT2D eigenvalue weighted by atomic mass is 19.2. The molecule has 0 saturated carbocycles. The molecule has 2 aliphatic heterocycles. The number of fused-ring (bicyclic) bond motifs is 4. The summed E-state index contributed by atoms with van der Waals surface area (Å²) in [7, 11) is 1.81. The highest BCUT2D eigenvalue weighted by Gasteiger charge is 2.44. The minimum Gasteiger partial charge on any atom is -0.327 e. The average molecular weight is 460 g/mol. The molecule has 34 heavy (non-hydrogen) atoms. The number of carbonyl (C=O) groups is 1. The molecule has 2 atom stereocenters. The smallest absolute Gasteiger partial charge is 0.256 e. The van der Waals surface area contributed by atoms with Gasteiger partial charge in [-0.3, -0.25) is 9.48 Å². The number of nitrogens with zero attached hydrogens (tertiary/aromatic N) is 6. The Morgan fingerprint density at radius 1 is 1.03 bits per heavy atom. The lowest BCUT2D eigenvalue weighted by Crippen LogP contribution is -2.50. The molecule has 2 bridgehead atoms. The molecule has 172 valence electrons. The van der Waals surface area contributed by atoms with Gasteiger partial charge in [0, 0.05) is 24.2 Å². The number of hydrogen-bond donors (Lipinski definition) is 0. The molecule has 6 rings (SSSR count). The fourth-order valence-electron chi connectivity index (χ4n) is 5.46. The third-order valence-corrected chi connectivity index (χ3v) is 6.87. The van der Waals surface area contributed by atoms with Crippen molar-refractivity contribution in [1.29, 1.82) is 0 Å². The summed E-state index contributed by atoms with van der Waals surface area (Å²) in [5.74, 6) is -1.84. The molecule has 1 amide bonds.